The summed E-state index contributed by atoms with van der Waals surface area (Å²) in [7, 11) is 1.63. The average Bonchev–Trinajstić information content (AvgIpc) is 2.60. The summed E-state index contributed by atoms with van der Waals surface area (Å²) in [6.07, 6.45) is 0.720. The van der Waals surface area contributed by atoms with Crippen molar-refractivity contribution in [3.8, 4) is 6.07 Å². The van der Waals surface area contributed by atoms with Crippen molar-refractivity contribution >= 4 is 5.96 Å². The molecule has 0 fully saturated rings. The molecule has 0 aromatic heterocycles. The Kier molecular flexibility index (Phi) is 6.47. The first-order chi connectivity index (χ1) is 12.0. The summed E-state index contributed by atoms with van der Waals surface area (Å²) in [6, 6.07) is 11.0. The molecule has 0 atom stereocenters. The molecule has 0 aliphatic heterocycles. The van der Waals surface area contributed by atoms with E-state index in [-0.39, 0.29) is 12.4 Å². The quantitative estimate of drug-likeness (QED) is 0.648. The lowest BCUT2D eigenvalue weighted by molar-refractivity contribution is 0.604. The van der Waals surface area contributed by atoms with Crippen molar-refractivity contribution in [2.45, 2.75) is 19.9 Å². The minimum absolute atomic E-state index is 0.240. The first-order valence-electron chi connectivity index (χ1n) is 7.91. The van der Waals surface area contributed by atoms with Gasteiger partial charge >= 0.3 is 0 Å². The van der Waals surface area contributed by atoms with Crippen LogP contribution in [0.4, 0.5) is 8.78 Å². The summed E-state index contributed by atoms with van der Waals surface area (Å²) in [5, 5.41) is 14.9. The van der Waals surface area contributed by atoms with Crippen molar-refractivity contribution in [3.63, 3.8) is 0 Å². The summed E-state index contributed by atoms with van der Waals surface area (Å²) in [5.41, 5.74) is 2.71. The van der Waals surface area contributed by atoms with E-state index in [2.05, 4.69) is 15.6 Å². The Morgan fingerprint density at radius 2 is 1.88 bits per heavy atom. The van der Waals surface area contributed by atoms with Crippen LogP contribution in [0.3, 0.4) is 0 Å². The predicted molar refractivity (Wildman–Crippen MR) is 94.2 cm³/mol. The van der Waals surface area contributed by atoms with E-state index in [1.165, 1.54) is 18.2 Å². The summed E-state index contributed by atoms with van der Waals surface area (Å²) in [4.78, 5) is 4.09. The number of nitriles is 1. The lowest BCUT2D eigenvalue weighted by Crippen LogP contribution is -2.38. The van der Waals surface area contributed by atoms with E-state index in [9.17, 15) is 8.78 Å². The summed E-state index contributed by atoms with van der Waals surface area (Å²) in [5.74, 6) is -0.122. The molecule has 130 valence electrons. The number of nitrogens with zero attached hydrogens (tertiary/aromatic N) is 2. The van der Waals surface area contributed by atoms with Gasteiger partial charge in [0.2, 0.25) is 0 Å². The fourth-order valence-electron chi connectivity index (χ4n) is 2.42. The van der Waals surface area contributed by atoms with E-state index in [0.717, 1.165) is 17.5 Å². The third kappa shape index (κ3) is 5.28. The van der Waals surface area contributed by atoms with Crippen molar-refractivity contribution in [3.05, 3.63) is 70.3 Å². The Labute approximate surface area is 146 Å². The van der Waals surface area contributed by atoms with Crippen molar-refractivity contribution in [1.29, 1.82) is 5.26 Å². The highest BCUT2D eigenvalue weighted by Crippen LogP contribution is 2.11. The molecule has 0 unspecified atom stereocenters. The molecule has 0 heterocycles. The van der Waals surface area contributed by atoms with Gasteiger partial charge in [0.05, 0.1) is 11.6 Å². The number of nitrogens with one attached hydrogen (secondary N) is 2. The molecule has 0 aliphatic carbocycles. The van der Waals surface area contributed by atoms with Crippen LogP contribution in [0.15, 0.2) is 41.4 Å². The standard InChI is InChI=1S/C19H20F2N4/c1-13-9-17(20)6-5-15(13)7-8-24-19(23-2)25-12-16-4-3-14(11-22)10-18(16)21/h3-6,9-10H,7-8,12H2,1-2H3,(H2,23,24,25). The van der Waals surface area contributed by atoms with Crippen molar-refractivity contribution in [2.24, 2.45) is 4.99 Å². The van der Waals surface area contributed by atoms with Crippen molar-refractivity contribution < 1.29 is 8.78 Å². The summed E-state index contributed by atoms with van der Waals surface area (Å²) < 4.78 is 27.0. The molecule has 0 radical (unpaired) electrons. The van der Waals surface area contributed by atoms with Gasteiger partial charge in [-0.2, -0.15) is 5.26 Å². The third-order valence-corrected chi connectivity index (χ3v) is 3.84. The Bertz CT molecular complexity index is 810. The minimum atomic E-state index is -0.427. The van der Waals surface area contributed by atoms with Gasteiger partial charge in [0, 0.05) is 25.7 Å². The van der Waals surface area contributed by atoms with Gasteiger partial charge in [-0.3, -0.25) is 4.99 Å². The lowest BCUT2D eigenvalue weighted by atomic mass is 10.1. The maximum atomic E-state index is 13.9. The third-order valence-electron chi connectivity index (χ3n) is 3.84. The van der Waals surface area contributed by atoms with Gasteiger partial charge in [-0.1, -0.05) is 12.1 Å². The minimum Gasteiger partial charge on any atom is -0.356 e. The van der Waals surface area contributed by atoms with E-state index >= 15 is 0 Å². The maximum Gasteiger partial charge on any atom is 0.191 e. The smallest absolute Gasteiger partial charge is 0.191 e. The number of hydrogen-bond donors (Lipinski definition) is 2. The molecule has 2 rings (SSSR count). The second kappa shape index (κ2) is 8.78. The van der Waals surface area contributed by atoms with Crippen LogP contribution in [-0.2, 0) is 13.0 Å². The molecule has 2 N–H and O–H groups in total. The average molecular weight is 342 g/mol. The lowest BCUT2D eigenvalue weighted by Gasteiger charge is -2.13. The monoisotopic (exact) mass is 342 g/mol. The van der Waals surface area contributed by atoms with Gasteiger partial charge in [0.15, 0.2) is 5.96 Å². The van der Waals surface area contributed by atoms with E-state index in [1.54, 1.807) is 25.2 Å². The van der Waals surface area contributed by atoms with E-state index in [4.69, 9.17) is 5.26 Å². The molecule has 0 aliphatic rings. The normalized spacial score (nSPS) is 11.1. The molecule has 0 saturated heterocycles. The van der Waals surface area contributed by atoms with Gasteiger partial charge in [0.1, 0.15) is 11.6 Å². The number of benzene rings is 2. The van der Waals surface area contributed by atoms with Crippen LogP contribution in [0, 0.1) is 29.9 Å². The molecule has 2 aromatic carbocycles. The summed E-state index contributed by atoms with van der Waals surface area (Å²) in [6.45, 7) is 2.74. The predicted octanol–water partition coefficient (Wildman–Crippen LogP) is 3.05. The molecule has 25 heavy (non-hydrogen) atoms. The molecule has 4 nitrogen and oxygen atoms in total. The summed E-state index contributed by atoms with van der Waals surface area (Å²) >= 11 is 0. The van der Waals surface area contributed by atoms with Crippen LogP contribution >= 0.6 is 0 Å². The Morgan fingerprint density at radius 1 is 1.12 bits per heavy atom. The van der Waals surface area contributed by atoms with Crippen LogP contribution < -0.4 is 10.6 Å². The van der Waals surface area contributed by atoms with Crippen LogP contribution in [0.5, 0.6) is 0 Å². The number of aryl methyl sites for hydroxylation is 1. The van der Waals surface area contributed by atoms with Crippen LogP contribution in [0.25, 0.3) is 0 Å². The largest absolute Gasteiger partial charge is 0.356 e. The van der Waals surface area contributed by atoms with Crippen LogP contribution in [0.2, 0.25) is 0 Å². The highest BCUT2D eigenvalue weighted by atomic mass is 19.1. The van der Waals surface area contributed by atoms with Gasteiger partial charge in [-0.05, 0) is 48.7 Å². The number of halogens is 2. The zero-order valence-corrected chi connectivity index (χ0v) is 14.2. The molecule has 0 amide bonds. The zero-order chi connectivity index (χ0) is 18.2. The Hall–Kier alpha value is -2.94. The van der Waals surface area contributed by atoms with E-state index in [0.29, 0.717) is 23.6 Å². The van der Waals surface area contributed by atoms with Crippen molar-refractivity contribution in [2.75, 3.05) is 13.6 Å². The molecule has 2 aromatic rings. The topological polar surface area (TPSA) is 60.2 Å². The number of rotatable bonds is 5. The Morgan fingerprint density at radius 3 is 2.52 bits per heavy atom. The van der Waals surface area contributed by atoms with E-state index < -0.39 is 5.82 Å². The zero-order valence-electron chi connectivity index (χ0n) is 14.2. The second-order valence-corrected chi connectivity index (χ2v) is 5.59. The number of aliphatic imine (C=N–C) groups is 1. The second-order valence-electron chi connectivity index (χ2n) is 5.59. The van der Waals surface area contributed by atoms with Crippen LogP contribution in [-0.4, -0.2) is 19.6 Å². The maximum absolute atomic E-state index is 13.9. The highest BCUT2D eigenvalue weighted by Gasteiger charge is 2.05. The van der Waals surface area contributed by atoms with Gasteiger partial charge < -0.3 is 10.6 Å². The Balaban J connectivity index is 1.86. The van der Waals surface area contributed by atoms with E-state index in [1.807, 2.05) is 13.0 Å². The van der Waals surface area contributed by atoms with Gasteiger partial charge in [-0.15, -0.1) is 0 Å². The fourth-order valence-corrected chi connectivity index (χ4v) is 2.42. The number of guanidine groups is 1. The SMILES string of the molecule is CN=C(NCCc1ccc(F)cc1C)NCc1ccc(C#N)cc1F. The molecule has 0 bridgehead atoms. The van der Waals surface area contributed by atoms with Crippen molar-refractivity contribution in [1.82, 2.24) is 10.6 Å². The molecular weight excluding hydrogens is 322 g/mol. The molecule has 0 spiro atoms. The first kappa shape index (κ1) is 18.4. The first-order valence-corrected chi connectivity index (χ1v) is 7.91. The van der Waals surface area contributed by atoms with Gasteiger partial charge in [0.25, 0.3) is 0 Å². The van der Waals surface area contributed by atoms with Crippen LogP contribution in [0.1, 0.15) is 22.3 Å². The highest BCUT2D eigenvalue weighted by molar-refractivity contribution is 5.79. The fraction of sp³-hybridized carbons (Fsp3) is 0.263. The molecule has 6 heteroatoms. The number of hydrogen-bond acceptors (Lipinski definition) is 2. The van der Waals surface area contributed by atoms with Gasteiger partial charge in [-0.25, -0.2) is 8.78 Å². The molecular formula is C19H20F2N4. The molecule has 0 saturated carbocycles.